The second-order valence-electron chi connectivity index (χ2n) is 7.00. The highest BCUT2D eigenvalue weighted by atomic mass is 32.1. The van der Waals surface area contributed by atoms with Crippen molar-refractivity contribution in [1.29, 1.82) is 0 Å². The number of benzene rings is 1. The van der Waals surface area contributed by atoms with Crippen LogP contribution in [0.4, 0.5) is 23.1 Å². The maximum absolute atomic E-state index is 12.1. The molecular weight excluding hydrogens is 374 g/mol. The van der Waals surface area contributed by atoms with Crippen LogP contribution in [-0.2, 0) is 11.2 Å². The molecule has 2 aromatic heterocycles. The van der Waals surface area contributed by atoms with E-state index in [0.717, 1.165) is 59.3 Å². The number of fused-ring (bicyclic) bond motifs is 2. The second kappa shape index (κ2) is 7.67. The van der Waals surface area contributed by atoms with Gasteiger partial charge in [-0.05, 0) is 37.5 Å². The highest BCUT2D eigenvalue weighted by Gasteiger charge is 2.26. The summed E-state index contributed by atoms with van der Waals surface area (Å²) in [6.45, 7) is 4.43. The van der Waals surface area contributed by atoms with E-state index in [2.05, 4.69) is 31.3 Å². The quantitative estimate of drug-likeness (QED) is 0.613. The van der Waals surface area contributed by atoms with Crippen molar-refractivity contribution in [2.75, 3.05) is 29.1 Å². The van der Waals surface area contributed by atoms with E-state index < -0.39 is 0 Å². The number of nitrogens with one attached hydrogen (secondary N) is 2. The lowest BCUT2D eigenvalue weighted by molar-refractivity contribution is -0.116. The number of hydrogen-bond donors (Lipinski definition) is 2. The lowest BCUT2D eigenvalue weighted by atomic mass is 10.1. The van der Waals surface area contributed by atoms with E-state index in [-0.39, 0.29) is 12.5 Å². The molecule has 0 fully saturated rings. The number of hydrogen-bond acceptors (Lipinski definition) is 8. The molecule has 4 rings (SSSR count). The number of amides is 1. The van der Waals surface area contributed by atoms with Crippen molar-refractivity contribution >= 4 is 51.8 Å². The smallest absolute Gasteiger partial charge is 0.246 e. The van der Waals surface area contributed by atoms with Crippen LogP contribution in [0.1, 0.15) is 37.4 Å². The minimum atomic E-state index is 0.0193. The first kappa shape index (κ1) is 18.5. The summed E-state index contributed by atoms with van der Waals surface area (Å²) in [6, 6.07) is 3.98. The third kappa shape index (κ3) is 3.49. The van der Waals surface area contributed by atoms with E-state index >= 15 is 0 Å². The van der Waals surface area contributed by atoms with Gasteiger partial charge in [-0.3, -0.25) is 4.79 Å². The molecule has 1 aliphatic rings. The fourth-order valence-electron chi connectivity index (χ4n) is 3.34. The van der Waals surface area contributed by atoms with E-state index in [1.807, 2.05) is 19.1 Å². The van der Waals surface area contributed by atoms with Crippen LogP contribution < -0.4 is 15.5 Å². The van der Waals surface area contributed by atoms with Gasteiger partial charge in [0, 0.05) is 12.7 Å². The molecule has 0 aliphatic carbocycles. The van der Waals surface area contributed by atoms with Gasteiger partial charge in [-0.25, -0.2) is 4.98 Å². The predicted molar refractivity (Wildman–Crippen MR) is 113 cm³/mol. The fourth-order valence-corrected chi connectivity index (χ4v) is 3.85. The number of likely N-dealkylation sites (N-methyl/N-ethyl adjacent to an activating group) is 1. The molecule has 0 saturated carbocycles. The standard InChI is InChI=1S/C19H23N7OS/c1-4-5-6-7-12-17-18(20-10-16(27)26(17)3)23-19(21-12)22-13-9-15-14(8-11(13)2)24-28-25-15/h8-9H,4-7,10H2,1-3H3,(H2,20,21,22,23). The Morgan fingerprint density at radius 1 is 1.21 bits per heavy atom. The second-order valence-corrected chi connectivity index (χ2v) is 7.53. The maximum Gasteiger partial charge on any atom is 0.246 e. The average molecular weight is 398 g/mol. The molecule has 8 nitrogen and oxygen atoms in total. The molecule has 2 N–H and O–H groups in total. The van der Waals surface area contributed by atoms with Gasteiger partial charge in [0.1, 0.15) is 16.7 Å². The van der Waals surface area contributed by atoms with Gasteiger partial charge >= 0.3 is 0 Å². The van der Waals surface area contributed by atoms with Crippen molar-refractivity contribution in [2.24, 2.45) is 0 Å². The Kier molecular flexibility index (Phi) is 5.08. The number of aryl methyl sites for hydroxylation is 2. The normalized spacial score (nSPS) is 13.5. The molecule has 0 spiro atoms. The third-order valence-electron chi connectivity index (χ3n) is 4.94. The Bertz CT molecular complexity index is 1030. The van der Waals surface area contributed by atoms with Gasteiger partial charge < -0.3 is 15.5 Å². The summed E-state index contributed by atoms with van der Waals surface area (Å²) in [7, 11) is 1.79. The number of rotatable bonds is 6. The van der Waals surface area contributed by atoms with Gasteiger partial charge in [0.2, 0.25) is 11.9 Å². The third-order valence-corrected chi connectivity index (χ3v) is 5.49. The Morgan fingerprint density at radius 2 is 2.00 bits per heavy atom. The van der Waals surface area contributed by atoms with Gasteiger partial charge in [-0.2, -0.15) is 13.7 Å². The summed E-state index contributed by atoms with van der Waals surface area (Å²) in [5.41, 5.74) is 5.37. The summed E-state index contributed by atoms with van der Waals surface area (Å²) in [6.07, 6.45) is 4.09. The average Bonchev–Trinajstić information content (AvgIpc) is 3.12. The van der Waals surface area contributed by atoms with Crippen LogP contribution in [0.15, 0.2) is 12.1 Å². The predicted octanol–water partition coefficient (Wildman–Crippen LogP) is 3.65. The molecule has 0 unspecified atom stereocenters. The molecule has 3 aromatic rings. The van der Waals surface area contributed by atoms with Crippen LogP contribution in [0.3, 0.4) is 0 Å². The molecule has 0 saturated heterocycles. The molecule has 0 atom stereocenters. The van der Waals surface area contributed by atoms with E-state index in [1.54, 1.807) is 11.9 Å². The zero-order valence-electron chi connectivity index (χ0n) is 16.2. The van der Waals surface area contributed by atoms with Crippen molar-refractivity contribution in [3.05, 3.63) is 23.4 Å². The van der Waals surface area contributed by atoms with Crippen molar-refractivity contribution in [2.45, 2.75) is 39.5 Å². The van der Waals surface area contributed by atoms with Gasteiger partial charge in [-0.1, -0.05) is 19.8 Å². The first-order chi connectivity index (χ1) is 13.6. The van der Waals surface area contributed by atoms with Crippen molar-refractivity contribution < 1.29 is 4.79 Å². The van der Waals surface area contributed by atoms with Crippen LogP contribution >= 0.6 is 11.7 Å². The highest BCUT2D eigenvalue weighted by Crippen LogP contribution is 2.33. The van der Waals surface area contributed by atoms with Gasteiger partial charge in [0.15, 0.2) is 5.82 Å². The van der Waals surface area contributed by atoms with Crippen LogP contribution in [0, 0.1) is 6.92 Å². The van der Waals surface area contributed by atoms with E-state index in [4.69, 9.17) is 4.98 Å². The zero-order chi connectivity index (χ0) is 19.7. The molecule has 1 amide bonds. The van der Waals surface area contributed by atoms with Gasteiger partial charge in [0.05, 0.1) is 24.0 Å². The largest absolute Gasteiger partial charge is 0.359 e. The van der Waals surface area contributed by atoms with Crippen molar-refractivity contribution in [3.8, 4) is 0 Å². The minimum absolute atomic E-state index is 0.0193. The Labute approximate surface area is 167 Å². The summed E-state index contributed by atoms with van der Waals surface area (Å²) in [4.78, 5) is 23.2. The number of aromatic nitrogens is 4. The molecule has 1 aromatic carbocycles. The summed E-state index contributed by atoms with van der Waals surface area (Å²) in [5.74, 6) is 1.23. The van der Waals surface area contributed by atoms with E-state index in [9.17, 15) is 4.79 Å². The topological polar surface area (TPSA) is 95.9 Å². The SMILES string of the molecule is CCCCCc1nc(Nc2cc3nsnc3cc2C)nc2c1N(C)C(=O)CN2. The van der Waals surface area contributed by atoms with Gasteiger partial charge in [0.25, 0.3) is 0 Å². The Balaban J connectivity index is 1.71. The maximum atomic E-state index is 12.1. The summed E-state index contributed by atoms with van der Waals surface area (Å²) >= 11 is 1.20. The number of nitrogens with zero attached hydrogens (tertiary/aromatic N) is 5. The summed E-state index contributed by atoms with van der Waals surface area (Å²) < 4.78 is 8.59. The summed E-state index contributed by atoms with van der Waals surface area (Å²) in [5, 5.41) is 6.47. The number of carbonyl (C=O) groups is 1. The highest BCUT2D eigenvalue weighted by molar-refractivity contribution is 7.00. The van der Waals surface area contributed by atoms with Crippen molar-refractivity contribution in [1.82, 2.24) is 18.7 Å². The van der Waals surface area contributed by atoms with Crippen LogP contribution in [0.5, 0.6) is 0 Å². The van der Waals surface area contributed by atoms with Crippen LogP contribution in [-0.4, -0.2) is 38.2 Å². The van der Waals surface area contributed by atoms with Gasteiger partial charge in [-0.15, -0.1) is 0 Å². The molecule has 1 aliphatic heterocycles. The number of anilines is 4. The molecule has 3 heterocycles. The van der Waals surface area contributed by atoms with Crippen LogP contribution in [0.2, 0.25) is 0 Å². The van der Waals surface area contributed by atoms with E-state index in [1.165, 1.54) is 11.7 Å². The molecule has 0 bridgehead atoms. The Hall–Kier alpha value is -2.81. The number of unbranched alkanes of at least 4 members (excludes halogenated alkanes) is 2. The first-order valence-electron chi connectivity index (χ1n) is 9.48. The molecule has 0 radical (unpaired) electrons. The first-order valence-corrected chi connectivity index (χ1v) is 10.2. The molecule has 28 heavy (non-hydrogen) atoms. The fraction of sp³-hybridized carbons (Fsp3) is 0.421. The zero-order valence-corrected chi connectivity index (χ0v) is 17.1. The molecular formula is C19H23N7OS. The lowest BCUT2D eigenvalue weighted by Crippen LogP contribution is -2.38. The van der Waals surface area contributed by atoms with Crippen LogP contribution in [0.25, 0.3) is 11.0 Å². The molecule has 146 valence electrons. The molecule has 9 heteroatoms. The Morgan fingerprint density at radius 3 is 2.79 bits per heavy atom. The lowest BCUT2D eigenvalue weighted by Gasteiger charge is -2.28. The minimum Gasteiger partial charge on any atom is -0.359 e. The van der Waals surface area contributed by atoms with E-state index in [0.29, 0.717) is 11.8 Å². The van der Waals surface area contributed by atoms with Crippen molar-refractivity contribution in [3.63, 3.8) is 0 Å². The monoisotopic (exact) mass is 397 g/mol. The number of carbonyl (C=O) groups excluding carboxylic acids is 1.